The molecule has 110 valence electrons. The molecule has 1 heterocycles. The van der Waals surface area contributed by atoms with Crippen LogP contribution in [0, 0.1) is 0 Å². The molecule has 0 saturated heterocycles. The summed E-state index contributed by atoms with van der Waals surface area (Å²) in [6.45, 7) is 2.36. The van der Waals surface area contributed by atoms with E-state index in [-0.39, 0.29) is 18.6 Å². The van der Waals surface area contributed by atoms with Gasteiger partial charge in [0.1, 0.15) is 6.04 Å². The third-order valence-electron chi connectivity index (χ3n) is 3.37. The maximum atomic E-state index is 12.2. The summed E-state index contributed by atoms with van der Waals surface area (Å²) in [6.07, 6.45) is 1.72. The molecule has 0 aliphatic carbocycles. The van der Waals surface area contributed by atoms with Crippen LogP contribution in [0.1, 0.15) is 23.6 Å². The Morgan fingerprint density at radius 2 is 2.25 bits per heavy atom. The summed E-state index contributed by atoms with van der Waals surface area (Å²) in [6, 6.07) is 7.82. The Morgan fingerprint density at radius 3 is 3.10 bits per heavy atom. The number of benzene rings is 1. The van der Waals surface area contributed by atoms with Gasteiger partial charge in [0.15, 0.2) is 0 Å². The second-order valence-corrected chi connectivity index (χ2v) is 4.82. The third-order valence-corrected chi connectivity index (χ3v) is 3.37. The Kier molecular flexibility index (Phi) is 5.98. The Hall–Kier alpha value is -1.43. The second-order valence-electron chi connectivity index (χ2n) is 4.82. The molecule has 20 heavy (non-hydrogen) atoms. The Bertz CT molecular complexity index is 437. The molecule has 1 aliphatic rings. The molecule has 2 rings (SSSR count). The summed E-state index contributed by atoms with van der Waals surface area (Å²) in [4.78, 5) is 12.2. The summed E-state index contributed by atoms with van der Waals surface area (Å²) in [5.41, 5.74) is 2.32. The van der Waals surface area contributed by atoms with Crippen molar-refractivity contribution in [3.63, 3.8) is 0 Å². The van der Waals surface area contributed by atoms with Gasteiger partial charge < -0.3 is 20.5 Å². The first kappa shape index (κ1) is 15.0. The number of aliphatic hydroxyl groups excluding tert-OH is 1. The number of hydrogen-bond donors (Lipinski definition) is 3. The van der Waals surface area contributed by atoms with E-state index in [2.05, 4.69) is 16.7 Å². The predicted molar refractivity (Wildman–Crippen MR) is 76.4 cm³/mol. The number of ether oxygens (including phenoxy) is 1. The van der Waals surface area contributed by atoms with Gasteiger partial charge in [-0.1, -0.05) is 24.3 Å². The van der Waals surface area contributed by atoms with Gasteiger partial charge >= 0.3 is 0 Å². The number of aliphatic hydroxyl groups is 1. The van der Waals surface area contributed by atoms with Gasteiger partial charge in [-0.25, -0.2) is 0 Å². The highest BCUT2D eigenvalue weighted by Crippen LogP contribution is 2.22. The highest BCUT2D eigenvalue weighted by molar-refractivity contribution is 5.83. The van der Waals surface area contributed by atoms with Crippen molar-refractivity contribution < 1.29 is 14.6 Å². The van der Waals surface area contributed by atoms with E-state index in [1.807, 2.05) is 18.2 Å². The molecule has 1 unspecified atom stereocenters. The molecule has 1 aliphatic heterocycles. The topological polar surface area (TPSA) is 70.6 Å². The standard InChI is InChI=1S/C15H22N2O3/c18-9-11-20-10-3-7-17-15(19)14-13-5-2-1-4-12(13)6-8-16-14/h1-2,4-5,14,16,18H,3,6-11H2,(H,17,19). The number of hydrogen-bond acceptors (Lipinski definition) is 4. The number of fused-ring (bicyclic) bond motifs is 1. The number of nitrogens with one attached hydrogen (secondary N) is 2. The van der Waals surface area contributed by atoms with Crippen LogP contribution >= 0.6 is 0 Å². The molecule has 0 spiro atoms. The van der Waals surface area contributed by atoms with Crippen molar-refractivity contribution in [3.05, 3.63) is 35.4 Å². The van der Waals surface area contributed by atoms with Crippen molar-refractivity contribution in [1.82, 2.24) is 10.6 Å². The van der Waals surface area contributed by atoms with E-state index >= 15 is 0 Å². The van der Waals surface area contributed by atoms with E-state index in [9.17, 15) is 4.79 Å². The van der Waals surface area contributed by atoms with Crippen LogP contribution in [-0.2, 0) is 16.0 Å². The van der Waals surface area contributed by atoms with Gasteiger partial charge in [0.25, 0.3) is 0 Å². The van der Waals surface area contributed by atoms with Crippen LogP contribution in [0.3, 0.4) is 0 Å². The van der Waals surface area contributed by atoms with Gasteiger partial charge in [-0.3, -0.25) is 4.79 Å². The minimum Gasteiger partial charge on any atom is -0.394 e. The maximum absolute atomic E-state index is 12.2. The molecule has 1 atom stereocenters. The lowest BCUT2D eigenvalue weighted by molar-refractivity contribution is -0.123. The smallest absolute Gasteiger partial charge is 0.241 e. The van der Waals surface area contributed by atoms with Crippen molar-refractivity contribution in [2.45, 2.75) is 18.9 Å². The molecule has 5 nitrogen and oxygen atoms in total. The molecular formula is C15H22N2O3. The average Bonchev–Trinajstić information content (AvgIpc) is 2.50. The van der Waals surface area contributed by atoms with Crippen LogP contribution in [0.4, 0.5) is 0 Å². The van der Waals surface area contributed by atoms with Gasteiger partial charge in [-0.2, -0.15) is 0 Å². The van der Waals surface area contributed by atoms with Gasteiger partial charge in [0.2, 0.25) is 5.91 Å². The minimum absolute atomic E-state index is 0.0132. The van der Waals surface area contributed by atoms with Gasteiger partial charge in [0, 0.05) is 19.7 Å². The number of rotatable bonds is 7. The van der Waals surface area contributed by atoms with Crippen LogP contribution in [0.15, 0.2) is 24.3 Å². The van der Waals surface area contributed by atoms with E-state index < -0.39 is 0 Å². The van der Waals surface area contributed by atoms with Crippen LogP contribution in [0.25, 0.3) is 0 Å². The fraction of sp³-hybridized carbons (Fsp3) is 0.533. The molecule has 5 heteroatoms. The highest BCUT2D eigenvalue weighted by atomic mass is 16.5. The fourth-order valence-corrected chi connectivity index (χ4v) is 2.39. The van der Waals surface area contributed by atoms with Crippen molar-refractivity contribution in [2.24, 2.45) is 0 Å². The summed E-state index contributed by atoms with van der Waals surface area (Å²) >= 11 is 0. The van der Waals surface area contributed by atoms with Crippen LogP contribution in [0.2, 0.25) is 0 Å². The van der Waals surface area contributed by atoms with Gasteiger partial charge in [-0.05, 0) is 24.0 Å². The quantitative estimate of drug-likeness (QED) is 0.631. The zero-order chi connectivity index (χ0) is 14.2. The second kappa shape index (κ2) is 7.99. The molecule has 1 aromatic carbocycles. The lowest BCUT2D eigenvalue weighted by Gasteiger charge is -2.26. The van der Waals surface area contributed by atoms with E-state index in [1.165, 1.54) is 5.56 Å². The molecule has 0 fully saturated rings. The van der Waals surface area contributed by atoms with Gasteiger partial charge in [-0.15, -0.1) is 0 Å². The molecule has 0 radical (unpaired) electrons. The Morgan fingerprint density at radius 1 is 1.40 bits per heavy atom. The summed E-state index contributed by atoms with van der Waals surface area (Å²) in [5, 5.41) is 14.8. The molecule has 1 aromatic rings. The lowest BCUT2D eigenvalue weighted by Crippen LogP contribution is -2.41. The predicted octanol–water partition coefficient (Wildman–Crippen LogP) is 0.389. The Balaban J connectivity index is 1.79. The number of carbonyl (C=O) groups excluding carboxylic acids is 1. The zero-order valence-electron chi connectivity index (χ0n) is 11.6. The van der Waals surface area contributed by atoms with Crippen LogP contribution in [-0.4, -0.2) is 43.9 Å². The summed E-state index contributed by atoms with van der Waals surface area (Å²) < 4.78 is 5.15. The van der Waals surface area contributed by atoms with Crippen molar-refractivity contribution in [2.75, 3.05) is 32.9 Å². The first-order valence-electron chi connectivity index (χ1n) is 7.10. The van der Waals surface area contributed by atoms with Crippen LogP contribution in [0.5, 0.6) is 0 Å². The normalized spacial score (nSPS) is 17.6. The first-order valence-corrected chi connectivity index (χ1v) is 7.10. The number of amides is 1. The minimum atomic E-state index is -0.252. The lowest BCUT2D eigenvalue weighted by atomic mass is 9.94. The molecular weight excluding hydrogens is 256 g/mol. The fourth-order valence-electron chi connectivity index (χ4n) is 2.39. The Labute approximate surface area is 119 Å². The van der Waals surface area contributed by atoms with Crippen molar-refractivity contribution >= 4 is 5.91 Å². The van der Waals surface area contributed by atoms with Crippen LogP contribution < -0.4 is 10.6 Å². The average molecular weight is 278 g/mol. The molecule has 3 N–H and O–H groups in total. The first-order chi connectivity index (χ1) is 9.83. The third kappa shape index (κ3) is 4.03. The molecule has 0 saturated carbocycles. The van der Waals surface area contributed by atoms with E-state index in [4.69, 9.17) is 9.84 Å². The zero-order valence-corrected chi connectivity index (χ0v) is 11.6. The van der Waals surface area contributed by atoms with E-state index in [1.54, 1.807) is 0 Å². The molecule has 0 aromatic heterocycles. The largest absolute Gasteiger partial charge is 0.394 e. The maximum Gasteiger partial charge on any atom is 0.241 e. The van der Waals surface area contributed by atoms with Crippen molar-refractivity contribution in [1.29, 1.82) is 0 Å². The molecule has 0 bridgehead atoms. The van der Waals surface area contributed by atoms with E-state index in [0.29, 0.717) is 19.8 Å². The van der Waals surface area contributed by atoms with Crippen molar-refractivity contribution in [3.8, 4) is 0 Å². The monoisotopic (exact) mass is 278 g/mol. The van der Waals surface area contributed by atoms with Gasteiger partial charge in [0.05, 0.1) is 13.2 Å². The SMILES string of the molecule is O=C(NCCCOCCO)C1NCCc2ccccc21. The number of carbonyl (C=O) groups is 1. The summed E-state index contributed by atoms with van der Waals surface area (Å²) in [5.74, 6) is 0.0132. The highest BCUT2D eigenvalue weighted by Gasteiger charge is 2.25. The molecule has 1 amide bonds. The summed E-state index contributed by atoms with van der Waals surface area (Å²) in [7, 11) is 0. The van der Waals surface area contributed by atoms with E-state index in [0.717, 1.165) is 24.9 Å².